The fourth-order valence-electron chi connectivity index (χ4n) is 1.29. The van der Waals surface area contributed by atoms with E-state index >= 15 is 0 Å². The molecule has 4 heteroatoms. The fraction of sp³-hybridized carbons (Fsp3) is 0.400. The van der Waals surface area contributed by atoms with Crippen LogP contribution in [0.25, 0.3) is 0 Å². The van der Waals surface area contributed by atoms with Gasteiger partial charge in [-0.3, -0.25) is 0 Å². The summed E-state index contributed by atoms with van der Waals surface area (Å²) in [5.41, 5.74) is 1.04. The highest BCUT2D eigenvalue weighted by Gasteiger charge is 2.38. The van der Waals surface area contributed by atoms with E-state index in [2.05, 4.69) is 45.2 Å². The van der Waals surface area contributed by atoms with Gasteiger partial charge < -0.3 is 9.47 Å². The number of ether oxygens (including phenoxy) is 2. The van der Waals surface area contributed by atoms with Crippen LogP contribution in [0.3, 0.4) is 0 Å². The maximum atomic E-state index is 5.50. The van der Waals surface area contributed by atoms with E-state index in [9.17, 15) is 0 Å². The standard InChI is InChI=1S/C10H12I2O2/c1-13-10(14-2,9(11)12)8-6-4-3-5-7-8/h3-7,9H,1-2H3. The average Bonchev–Trinajstić information content (AvgIpc) is 2.22. The number of methoxy groups -OCH3 is 2. The van der Waals surface area contributed by atoms with E-state index in [4.69, 9.17) is 9.47 Å². The molecule has 0 aliphatic rings. The summed E-state index contributed by atoms with van der Waals surface area (Å²) >= 11 is 4.59. The van der Waals surface area contributed by atoms with Gasteiger partial charge in [-0.15, -0.1) is 0 Å². The van der Waals surface area contributed by atoms with Gasteiger partial charge in [0.05, 0.1) is 0 Å². The van der Waals surface area contributed by atoms with Crippen molar-refractivity contribution in [3.8, 4) is 0 Å². The second-order valence-corrected chi connectivity index (χ2v) is 7.62. The Balaban J connectivity index is 3.11. The second kappa shape index (κ2) is 5.62. The zero-order valence-electron chi connectivity index (χ0n) is 8.04. The largest absolute Gasteiger partial charge is 0.348 e. The van der Waals surface area contributed by atoms with Crippen molar-refractivity contribution >= 4 is 45.2 Å². The summed E-state index contributed by atoms with van der Waals surface area (Å²) in [5.74, 6) is -0.650. The smallest absolute Gasteiger partial charge is 0.215 e. The van der Waals surface area contributed by atoms with E-state index < -0.39 is 5.79 Å². The molecule has 0 saturated carbocycles. The van der Waals surface area contributed by atoms with Crippen molar-refractivity contribution in [3.63, 3.8) is 0 Å². The maximum absolute atomic E-state index is 5.50. The van der Waals surface area contributed by atoms with Crippen molar-refractivity contribution in [2.45, 2.75) is 7.72 Å². The summed E-state index contributed by atoms with van der Waals surface area (Å²) in [6.07, 6.45) is 0. The van der Waals surface area contributed by atoms with Crippen LogP contribution in [0.1, 0.15) is 5.56 Å². The van der Waals surface area contributed by atoms with Gasteiger partial charge in [-0.1, -0.05) is 75.5 Å². The molecule has 1 rings (SSSR count). The number of benzene rings is 1. The zero-order chi connectivity index (χ0) is 10.6. The summed E-state index contributed by atoms with van der Waals surface area (Å²) in [6.45, 7) is 0. The van der Waals surface area contributed by atoms with Crippen LogP contribution in [0.15, 0.2) is 30.3 Å². The molecule has 78 valence electrons. The Labute approximate surface area is 112 Å². The molecular formula is C10H12I2O2. The first-order chi connectivity index (χ1) is 6.67. The van der Waals surface area contributed by atoms with Crippen molar-refractivity contribution in [3.05, 3.63) is 35.9 Å². The fourth-order valence-corrected chi connectivity index (χ4v) is 3.03. The van der Waals surface area contributed by atoms with Gasteiger partial charge in [0.15, 0.2) is 0 Å². The molecule has 0 N–H and O–H groups in total. The molecule has 0 fully saturated rings. The third kappa shape index (κ3) is 2.40. The Morgan fingerprint density at radius 2 is 1.57 bits per heavy atom. The molecule has 14 heavy (non-hydrogen) atoms. The second-order valence-electron chi connectivity index (χ2n) is 2.74. The van der Waals surface area contributed by atoms with Crippen LogP contribution in [0, 0.1) is 0 Å². The highest BCUT2D eigenvalue weighted by Crippen LogP contribution is 2.38. The lowest BCUT2D eigenvalue weighted by Gasteiger charge is -2.32. The third-order valence-corrected chi connectivity index (χ3v) is 3.71. The Kier molecular flexibility index (Phi) is 5.09. The third-order valence-electron chi connectivity index (χ3n) is 2.07. The van der Waals surface area contributed by atoms with Crippen LogP contribution in [-0.2, 0) is 15.3 Å². The van der Waals surface area contributed by atoms with Gasteiger partial charge in [0.1, 0.15) is 1.93 Å². The van der Waals surface area contributed by atoms with E-state index in [1.165, 1.54) is 0 Å². The molecule has 0 unspecified atom stereocenters. The van der Waals surface area contributed by atoms with Crippen LogP contribution in [0.4, 0.5) is 0 Å². The Morgan fingerprint density at radius 1 is 1.07 bits per heavy atom. The first-order valence-corrected chi connectivity index (χ1v) is 6.60. The zero-order valence-corrected chi connectivity index (χ0v) is 12.4. The SMILES string of the molecule is COC(OC)(c1ccccc1)C(I)I. The van der Waals surface area contributed by atoms with Gasteiger partial charge in [0.25, 0.3) is 0 Å². The maximum Gasteiger partial charge on any atom is 0.215 e. The molecule has 0 aliphatic carbocycles. The van der Waals surface area contributed by atoms with Gasteiger partial charge in [0.2, 0.25) is 5.79 Å². The lowest BCUT2D eigenvalue weighted by atomic mass is 10.1. The number of alkyl halides is 2. The summed E-state index contributed by atoms with van der Waals surface area (Å²) in [7, 11) is 3.33. The Hall–Kier alpha value is 0.600. The summed E-state index contributed by atoms with van der Waals surface area (Å²) in [5, 5.41) is 0. The van der Waals surface area contributed by atoms with E-state index in [0.717, 1.165) is 5.56 Å². The van der Waals surface area contributed by atoms with Crippen LogP contribution in [0.2, 0.25) is 0 Å². The van der Waals surface area contributed by atoms with Gasteiger partial charge >= 0.3 is 0 Å². The highest BCUT2D eigenvalue weighted by atomic mass is 127. The predicted molar refractivity (Wildman–Crippen MR) is 74.0 cm³/mol. The summed E-state index contributed by atoms with van der Waals surface area (Å²) < 4.78 is 11.2. The van der Waals surface area contributed by atoms with Gasteiger partial charge in [-0.2, -0.15) is 0 Å². The van der Waals surface area contributed by atoms with Crippen LogP contribution in [0.5, 0.6) is 0 Å². The van der Waals surface area contributed by atoms with Gasteiger partial charge in [0, 0.05) is 19.8 Å². The van der Waals surface area contributed by atoms with E-state index in [1.54, 1.807) is 14.2 Å². The molecule has 0 aliphatic heterocycles. The molecule has 0 amide bonds. The van der Waals surface area contributed by atoms with Crippen LogP contribution >= 0.6 is 45.2 Å². The molecule has 1 aromatic rings. The molecular weight excluding hydrogens is 406 g/mol. The molecule has 0 aromatic heterocycles. The van der Waals surface area contributed by atoms with Gasteiger partial charge in [-0.05, 0) is 0 Å². The van der Waals surface area contributed by atoms with Crippen LogP contribution < -0.4 is 0 Å². The molecule has 0 radical (unpaired) electrons. The molecule has 1 aromatic carbocycles. The normalized spacial score (nSPS) is 12.1. The summed E-state index contributed by atoms with van der Waals surface area (Å²) in [4.78, 5) is 0. The minimum atomic E-state index is -0.650. The highest BCUT2D eigenvalue weighted by molar-refractivity contribution is 14.2. The quantitative estimate of drug-likeness (QED) is 0.425. The number of halogens is 2. The Morgan fingerprint density at radius 3 is 1.93 bits per heavy atom. The number of hydrogen-bond donors (Lipinski definition) is 0. The number of hydrogen-bond acceptors (Lipinski definition) is 2. The lowest BCUT2D eigenvalue weighted by molar-refractivity contribution is -0.198. The minimum absolute atomic E-state index is 0.204. The molecule has 0 saturated heterocycles. The van der Waals surface area contributed by atoms with E-state index in [-0.39, 0.29) is 1.93 Å². The topological polar surface area (TPSA) is 18.5 Å². The lowest BCUT2D eigenvalue weighted by Crippen LogP contribution is -2.36. The Bertz CT molecular complexity index is 271. The molecule has 0 heterocycles. The van der Waals surface area contributed by atoms with Crippen molar-refractivity contribution in [1.29, 1.82) is 0 Å². The van der Waals surface area contributed by atoms with E-state index in [1.807, 2.05) is 30.3 Å². The van der Waals surface area contributed by atoms with E-state index in [0.29, 0.717) is 0 Å². The number of rotatable bonds is 4. The van der Waals surface area contributed by atoms with Crippen molar-refractivity contribution in [2.24, 2.45) is 0 Å². The van der Waals surface area contributed by atoms with Crippen molar-refractivity contribution < 1.29 is 9.47 Å². The summed E-state index contributed by atoms with van der Waals surface area (Å²) in [6, 6.07) is 9.97. The van der Waals surface area contributed by atoms with Crippen molar-refractivity contribution in [2.75, 3.05) is 14.2 Å². The van der Waals surface area contributed by atoms with Crippen LogP contribution in [-0.4, -0.2) is 16.2 Å². The monoisotopic (exact) mass is 418 g/mol. The first kappa shape index (κ1) is 12.7. The molecule has 0 spiro atoms. The molecule has 2 nitrogen and oxygen atoms in total. The molecule has 0 atom stereocenters. The van der Waals surface area contributed by atoms with Gasteiger partial charge in [-0.25, -0.2) is 0 Å². The molecule has 0 bridgehead atoms. The predicted octanol–water partition coefficient (Wildman–Crippen LogP) is 3.33. The minimum Gasteiger partial charge on any atom is -0.348 e. The first-order valence-electron chi connectivity index (χ1n) is 4.11. The van der Waals surface area contributed by atoms with Crippen molar-refractivity contribution in [1.82, 2.24) is 0 Å². The average molecular weight is 418 g/mol.